The first-order chi connectivity index (χ1) is 9.93. The van der Waals surface area contributed by atoms with Crippen LogP contribution in [-0.2, 0) is 16.6 Å². The first-order valence-electron chi connectivity index (χ1n) is 7.39. The summed E-state index contributed by atoms with van der Waals surface area (Å²) < 4.78 is 41.3. The lowest BCUT2D eigenvalue weighted by atomic mass is 10.1. The van der Waals surface area contributed by atoms with Crippen LogP contribution in [0.2, 0.25) is 0 Å². The van der Waals surface area contributed by atoms with Crippen LogP contribution in [0.3, 0.4) is 0 Å². The van der Waals surface area contributed by atoms with Gasteiger partial charge >= 0.3 is 0 Å². The third-order valence-corrected chi connectivity index (χ3v) is 6.53. The number of rotatable bonds is 4. The number of halogens is 1. The number of piperidine rings is 1. The van der Waals surface area contributed by atoms with E-state index in [1.807, 2.05) is 0 Å². The number of nitrogens with zero attached hydrogens (tertiary/aromatic N) is 1. The van der Waals surface area contributed by atoms with Gasteiger partial charge in [-0.25, -0.2) is 12.8 Å². The van der Waals surface area contributed by atoms with Gasteiger partial charge in [-0.3, -0.25) is 0 Å². The molecule has 1 aliphatic carbocycles. The van der Waals surface area contributed by atoms with E-state index in [0.29, 0.717) is 30.1 Å². The lowest BCUT2D eigenvalue weighted by molar-refractivity contribution is 0.333. The Labute approximate surface area is 125 Å². The van der Waals surface area contributed by atoms with Gasteiger partial charge in [0.25, 0.3) is 0 Å². The number of hydrogen-bond donors (Lipinski definition) is 1. The molecule has 1 aromatic rings. The van der Waals surface area contributed by atoms with Gasteiger partial charge in [-0.15, -0.1) is 0 Å². The van der Waals surface area contributed by atoms with Crippen molar-refractivity contribution in [2.45, 2.75) is 43.7 Å². The molecule has 1 heterocycles. The summed E-state index contributed by atoms with van der Waals surface area (Å²) >= 11 is 0. The minimum atomic E-state index is -3.51. The topological polar surface area (TPSA) is 49.4 Å². The molecule has 0 aromatic heterocycles. The van der Waals surface area contributed by atoms with Crippen molar-refractivity contribution in [2.24, 2.45) is 5.92 Å². The molecule has 21 heavy (non-hydrogen) atoms. The molecule has 0 spiro atoms. The Hall–Kier alpha value is -0.980. The number of nitrogens with one attached hydrogen (secondary N) is 1. The van der Waals surface area contributed by atoms with Crippen molar-refractivity contribution in [3.8, 4) is 0 Å². The van der Waals surface area contributed by atoms with Crippen LogP contribution < -0.4 is 5.32 Å². The van der Waals surface area contributed by atoms with Gasteiger partial charge in [-0.2, -0.15) is 4.31 Å². The van der Waals surface area contributed by atoms with Crippen molar-refractivity contribution >= 4 is 10.0 Å². The van der Waals surface area contributed by atoms with Gasteiger partial charge in [0.15, 0.2) is 0 Å². The zero-order valence-electron chi connectivity index (χ0n) is 12.4. The maximum atomic E-state index is 14.0. The normalized spacial score (nSPS) is 25.7. The smallest absolute Gasteiger partial charge is 0.243 e. The molecule has 2 unspecified atom stereocenters. The molecule has 2 atom stereocenters. The minimum Gasteiger partial charge on any atom is -0.316 e. The van der Waals surface area contributed by atoms with E-state index in [0.717, 1.165) is 19.3 Å². The second kappa shape index (κ2) is 5.34. The molecular formula is C15H21FN2O2S. The summed E-state index contributed by atoms with van der Waals surface area (Å²) in [6, 6.07) is 3.06. The summed E-state index contributed by atoms with van der Waals surface area (Å²) in [4.78, 5) is 0.221. The van der Waals surface area contributed by atoms with E-state index in [9.17, 15) is 12.8 Å². The van der Waals surface area contributed by atoms with Gasteiger partial charge in [0, 0.05) is 24.7 Å². The molecule has 4 nitrogen and oxygen atoms in total. The Balaban J connectivity index is 1.99. The van der Waals surface area contributed by atoms with Crippen LogP contribution in [-0.4, -0.2) is 32.4 Å². The molecule has 1 N–H and O–H groups in total. The highest BCUT2D eigenvalue weighted by Gasteiger charge is 2.44. The van der Waals surface area contributed by atoms with Crippen LogP contribution in [0.25, 0.3) is 0 Å². The van der Waals surface area contributed by atoms with Crippen LogP contribution in [0.4, 0.5) is 4.39 Å². The number of sulfonamides is 1. The molecule has 3 rings (SSSR count). The minimum absolute atomic E-state index is 0.137. The van der Waals surface area contributed by atoms with Crippen molar-refractivity contribution in [1.82, 2.24) is 9.62 Å². The van der Waals surface area contributed by atoms with E-state index in [1.54, 1.807) is 18.3 Å². The average molecular weight is 312 g/mol. The standard InChI is InChI=1S/C15H21FN2O2S/c1-10-5-14(7-12(8-17-2)15(10)16)21(19,20)18-9-11-3-4-13(18)6-11/h5,7,11,13,17H,3-4,6,8-9H2,1-2H3. The highest BCUT2D eigenvalue weighted by molar-refractivity contribution is 7.89. The SMILES string of the molecule is CNCc1cc(S(=O)(=O)N2CC3CCC2C3)cc(C)c1F. The van der Waals surface area contributed by atoms with Crippen molar-refractivity contribution in [2.75, 3.05) is 13.6 Å². The molecule has 116 valence electrons. The summed E-state index contributed by atoms with van der Waals surface area (Å²) in [5.41, 5.74) is 0.783. The maximum Gasteiger partial charge on any atom is 0.243 e. The third kappa shape index (κ3) is 2.49. The van der Waals surface area contributed by atoms with Gasteiger partial charge in [0.1, 0.15) is 5.82 Å². The molecule has 0 amide bonds. The second-order valence-electron chi connectivity index (χ2n) is 6.15. The molecule has 2 bridgehead atoms. The Bertz CT molecular complexity index is 660. The van der Waals surface area contributed by atoms with Crippen molar-refractivity contribution in [1.29, 1.82) is 0 Å². The van der Waals surface area contributed by atoms with Crippen LogP contribution >= 0.6 is 0 Å². The molecule has 6 heteroatoms. The quantitative estimate of drug-likeness (QED) is 0.925. The Morgan fingerprint density at radius 3 is 2.71 bits per heavy atom. The predicted molar refractivity (Wildman–Crippen MR) is 78.9 cm³/mol. The first-order valence-corrected chi connectivity index (χ1v) is 8.83. The zero-order chi connectivity index (χ0) is 15.2. The third-order valence-electron chi connectivity index (χ3n) is 4.64. The zero-order valence-corrected chi connectivity index (χ0v) is 13.2. The largest absolute Gasteiger partial charge is 0.316 e. The Kier molecular flexibility index (Phi) is 3.80. The molecule has 0 radical (unpaired) electrons. The van der Waals surface area contributed by atoms with Crippen molar-refractivity contribution < 1.29 is 12.8 Å². The number of hydrogen-bond acceptors (Lipinski definition) is 3. The predicted octanol–water partition coefficient (Wildman–Crippen LogP) is 2.03. The Morgan fingerprint density at radius 2 is 2.14 bits per heavy atom. The summed E-state index contributed by atoms with van der Waals surface area (Å²) in [6.45, 7) is 2.55. The molecule has 1 aromatic carbocycles. The van der Waals surface area contributed by atoms with Crippen LogP contribution in [0.5, 0.6) is 0 Å². The highest BCUT2D eigenvalue weighted by atomic mass is 32.2. The molecule has 1 saturated heterocycles. The van der Waals surface area contributed by atoms with Crippen molar-refractivity contribution in [3.63, 3.8) is 0 Å². The fourth-order valence-electron chi connectivity index (χ4n) is 3.58. The number of aryl methyl sites for hydroxylation is 1. The van der Waals surface area contributed by atoms with E-state index in [4.69, 9.17) is 0 Å². The maximum absolute atomic E-state index is 14.0. The number of benzene rings is 1. The first kappa shape index (κ1) is 14.9. The molecular weight excluding hydrogens is 291 g/mol. The average Bonchev–Trinajstić information content (AvgIpc) is 3.06. The molecule has 2 aliphatic rings. The monoisotopic (exact) mass is 312 g/mol. The lowest BCUT2D eigenvalue weighted by Crippen LogP contribution is -2.37. The lowest BCUT2D eigenvalue weighted by Gasteiger charge is -2.26. The van der Waals surface area contributed by atoms with E-state index in [-0.39, 0.29) is 16.8 Å². The highest BCUT2D eigenvalue weighted by Crippen LogP contribution is 2.40. The summed E-state index contributed by atoms with van der Waals surface area (Å²) in [6.07, 6.45) is 3.06. The van der Waals surface area contributed by atoms with E-state index in [1.165, 1.54) is 12.1 Å². The summed E-state index contributed by atoms with van der Waals surface area (Å²) in [5, 5.41) is 2.88. The summed E-state index contributed by atoms with van der Waals surface area (Å²) in [7, 11) is -1.79. The fraction of sp³-hybridized carbons (Fsp3) is 0.600. The van der Waals surface area contributed by atoms with Gasteiger partial charge in [-0.05, 0) is 56.8 Å². The van der Waals surface area contributed by atoms with E-state index < -0.39 is 10.0 Å². The van der Waals surface area contributed by atoms with E-state index in [2.05, 4.69) is 5.32 Å². The summed E-state index contributed by atoms with van der Waals surface area (Å²) in [5.74, 6) is 0.175. The van der Waals surface area contributed by atoms with Crippen LogP contribution in [0, 0.1) is 18.7 Å². The van der Waals surface area contributed by atoms with Crippen LogP contribution in [0.1, 0.15) is 30.4 Å². The van der Waals surface area contributed by atoms with Gasteiger partial charge in [0.05, 0.1) is 4.90 Å². The van der Waals surface area contributed by atoms with E-state index >= 15 is 0 Å². The molecule has 1 saturated carbocycles. The fourth-order valence-corrected chi connectivity index (χ4v) is 5.46. The van der Waals surface area contributed by atoms with Crippen molar-refractivity contribution in [3.05, 3.63) is 29.1 Å². The molecule has 2 fully saturated rings. The van der Waals surface area contributed by atoms with Gasteiger partial charge in [0.2, 0.25) is 10.0 Å². The molecule has 1 aliphatic heterocycles. The van der Waals surface area contributed by atoms with Crippen LogP contribution in [0.15, 0.2) is 17.0 Å². The van der Waals surface area contributed by atoms with Gasteiger partial charge < -0.3 is 5.32 Å². The Morgan fingerprint density at radius 1 is 1.38 bits per heavy atom. The number of fused-ring (bicyclic) bond motifs is 2. The van der Waals surface area contributed by atoms with Gasteiger partial charge in [-0.1, -0.05) is 0 Å². The second-order valence-corrected chi connectivity index (χ2v) is 8.04.